The van der Waals surface area contributed by atoms with Gasteiger partial charge in [0.1, 0.15) is 13.2 Å². The maximum Gasteiger partial charge on any atom is 0.224 e. The Hall–Kier alpha value is -1.50. The Labute approximate surface area is 155 Å². The van der Waals surface area contributed by atoms with Gasteiger partial charge in [-0.2, -0.15) is 0 Å². The Morgan fingerprint density at radius 2 is 1.96 bits per heavy atom. The van der Waals surface area contributed by atoms with E-state index in [0.717, 1.165) is 43.0 Å². The molecule has 0 aromatic heterocycles. The molecular weight excluding hydrogens is 344 g/mol. The second-order valence-corrected chi connectivity index (χ2v) is 6.61. The van der Waals surface area contributed by atoms with E-state index in [4.69, 9.17) is 14.2 Å². The number of amides is 1. The van der Waals surface area contributed by atoms with Crippen LogP contribution in [0.1, 0.15) is 18.4 Å². The molecule has 0 unspecified atom stereocenters. The lowest BCUT2D eigenvalue weighted by atomic mass is 9.79. The number of benzene rings is 1. The highest BCUT2D eigenvalue weighted by Crippen LogP contribution is 2.31. The fourth-order valence-corrected chi connectivity index (χ4v) is 3.37. The van der Waals surface area contributed by atoms with Gasteiger partial charge in [-0.15, -0.1) is 12.4 Å². The van der Waals surface area contributed by atoms with Gasteiger partial charge < -0.3 is 24.8 Å². The molecule has 1 aromatic rings. The van der Waals surface area contributed by atoms with Crippen molar-refractivity contribution in [2.24, 2.45) is 5.41 Å². The summed E-state index contributed by atoms with van der Waals surface area (Å²) in [7, 11) is 1.72. The Kier molecular flexibility index (Phi) is 7.35. The molecule has 2 N–H and O–H groups in total. The topological polar surface area (TPSA) is 68.8 Å². The predicted octanol–water partition coefficient (Wildman–Crippen LogP) is 1.55. The number of methoxy groups -OCH3 is 1. The van der Waals surface area contributed by atoms with E-state index in [1.165, 1.54) is 0 Å². The van der Waals surface area contributed by atoms with E-state index in [9.17, 15) is 4.79 Å². The van der Waals surface area contributed by atoms with Gasteiger partial charge in [-0.05, 0) is 43.6 Å². The summed E-state index contributed by atoms with van der Waals surface area (Å²) in [6.45, 7) is 4.41. The Morgan fingerprint density at radius 1 is 1.24 bits per heavy atom. The van der Waals surface area contributed by atoms with Gasteiger partial charge in [0, 0.05) is 19.1 Å². The van der Waals surface area contributed by atoms with E-state index in [1.54, 1.807) is 7.11 Å². The van der Waals surface area contributed by atoms with Gasteiger partial charge in [-0.25, -0.2) is 0 Å². The summed E-state index contributed by atoms with van der Waals surface area (Å²) in [6.07, 6.45) is 2.38. The Balaban J connectivity index is 0.00000225. The van der Waals surface area contributed by atoms with Crippen molar-refractivity contribution in [2.45, 2.75) is 19.3 Å². The molecule has 0 saturated carbocycles. The van der Waals surface area contributed by atoms with Crippen LogP contribution < -0.4 is 20.1 Å². The van der Waals surface area contributed by atoms with Crippen LogP contribution in [0.15, 0.2) is 18.2 Å². The first-order chi connectivity index (χ1) is 11.7. The monoisotopic (exact) mass is 370 g/mol. The highest BCUT2D eigenvalue weighted by molar-refractivity contribution is 5.85. The molecule has 1 fully saturated rings. The van der Waals surface area contributed by atoms with E-state index < -0.39 is 0 Å². The van der Waals surface area contributed by atoms with Crippen molar-refractivity contribution in [3.05, 3.63) is 23.8 Å². The second-order valence-electron chi connectivity index (χ2n) is 6.61. The molecule has 1 aromatic carbocycles. The number of nitrogens with one attached hydrogen (secondary N) is 2. The largest absolute Gasteiger partial charge is 0.486 e. The number of halogens is 1. The van der Waals surface area contributed by atoms with Crippen LogP contribution >= 0.6 is 12.4 Å². The SMILES string of the molecule is COCC1(CNC(=O)Cc2ccc3c(c2)OCCO3)CCNCC1.Cl. The zero-order valence-corrected chi connectivity index (χ0v) is 15.5. The zero-order valence-electron chi connectivity index (χ0n) is 14.6. The van der Waals surface area contributed by atoms with Gasteiger partial charge in [0.25, 0.3) is 0 Å². The molecule has 0 aliphatic carbocycles. The molecule has 0 bridgehead atoms. The molecular formula is C18H27ClN2O4. The first-order valence-electron chi connectivity index (χ1n) is 8.56. The van der Waals surface area contributed by atoms with Crippen molar-refractivity contribution < 1.29 is 19.0 Å². The van der Waals surface area contributed by atoms with E-state index in [1.807, 2.05) is 18.2 Å². The smallest absolute Gasteiger partial charge is 0.224 e. The lowest BCUT2D eigenvalue weighted by Gasteiger charge is -2.37. The molecule has 25 heavy (non-hydrogen) atoms. The van der Waals surface area contributed by atoms with Crippen LogP contribution in [0, 0.1) is 5.41 Å². The number of hydrogen-bond donors (Lipinski definition) is 2. The zero-order chi connectivity index (χ0) is 16.8. The third-order valence-electron chi connectivity index (χ3n) is 4.75. The third-order valence-corrected chi connectivity index (χ3v) is 4.75. The minimum Gasteiger partial charge on any atom is -0.486 e. The maximum atomic E-state index is 12.3. The van der Waals surface area contributed by atoms with Gasteiger partial charge in [-0.3, -0.25) is 4.79 Å². The fourth-order valence-electron chi connectivity index (χ4n) is 3.37. The first kappa shape index (κ1) is 19.8. The van der Waals surface area contributed by atoms with Crippen LogP contribution in [0.5, 0.6) is 11.5 Å². The Morgan fingerprint density at radius 3 is 2.68 bits per heavy atom. The first-order valence-corrected chi connectivity index (χ1v) is 8.56. The normalized spacial score (nSPS) is 18.1. The van der Waals surface area contributed by atoms with Crippen molar-refractivity contribution in [2.75, 3.05) is 46.6 Å². The molecule has 2 heterocycles. The third kappa shape index (κ3) is 5.23. The van der Waals surface area contributed by atoms with Crippen LogP contribution in [0.4, 0.5) is 0 Å². The number of fused-ring (bicyclic) bond motifs is 1. The van der Waals surface area contributed by atoms with Gasteiger partial charge in [0.15, 0.2) is 11.5 Å². The molecule has 2 aliphatic rings. The number of piperidine rings is 1. The average molecular weight is 371 g/mol. The van der Waals surface area contributed by atoms with Crippen molar-refractivity contribution in [3.63, 3.8) is 0 Å². The summed E-state index contributed by atoms with van der Waals surface area (Å²) in [4.78, 5) is 12.3. The summed E-state index contributed by atoms with van der Waals surface area (Å²) < 4.78 is 16.5. The van der Waals surface area contributed by atoms with Gasteiger partial charge in [-0.1, -0.05) is 6.07 Å². The summed E-state index contributed by atoms with van der Waals surface area (Å²) >= 11 is 0. The fraction of sp³-hybridized carbons (Fsp3) is 0.611. The summed E-state index contributed by atoms with van der Waals surface area (Å²) in [5, 5.41) is 6.45. The minimum absolute atomic E-state index is 0. The van der Waals surface area contributed by atoms with Crippen molar-refractivity contribution in [3.8, 4) is 11.5 Å². The van der Waals surface area contributed by atoms with E-state index >= 15 is 0 Å². The van der Waals surface area contributed by atoms with Crippen molar-refractivity contribution in [1.29, 1.82) is 0 Å². The molecule has 1 saturated heterocycles. The van der Waals surface area contributed by atoms with Crippen molar-refractivity contribution >= 4 is 18.3 Å². The van der Waals surface area contributed by atoms with Crippen molar-refractivity contribution in [1.82, 2.24) is 10.6 Å². The quantitative estimate of drug-likeness (QED) is 0.795. The van der Waals surface area contributed by atoms with Crippen LogP contribution in [0.3, 0.4) is 0 Å². The molecule has 3 rings (SSSR count). The number of ether oxygens (including phenoxy) is 3. The summed E-state index contributed by atoms with van der Waals surface area (Å²) in [5.41, 5.74) is 0.977. The Bertz CT molecular complexity index is 571. The second kappa shape index (κ2) is 9.27. The van der Waals surface area contributed by atoms with Gasteiger partial charge in [0.2, 0.25) is 5.91 Å². The molecule has 2 aliphatic heterocycles. The van der Waals surface area contributed by atoms with Gasteiger partial charge >= 0.3 is 0 Å². The molecule has 1 amide bonds. The number of carbonyl (C=O) groups is 1. The summed E-state index contributed by atoms with van der Waals surface area (Å²) in [6, 6.07) is 5.68. The molecule has 140 valence electrons. The minimum atomic E-state index is 0. The van der Waals surface area contributed by atoms with Crippen LogP contribution in [-0.4, -0.2) is 52.5 Å². The molecule has 7 heteroatoms. The molecule has 0 spiro atoms. The summed E-state index contributed by atoms with van der Waals surface area (Å²) in [5.74, 6) is 1.50. The highest BCUT2D eigenvalue weighted by Gasteiger charge is 2.32. The lowest BCUT2D eigenvalue weighted by molar-refractivity contribution is -0.121. The number of carbonyl (C=O) groups excluding carboxylic acids is 1. The standard InChI is InChI=1S/C18H26N2O4.ClH/c1-22-13-18(4-6-19-7-5-18)12-20-17(21)11-14-2-3-15-16(10-14)24-9-8-23-15;/h2-3,10,19H,4-9,11-13H2,1H3,(H,20,21);1H. The molecule has 0 atom stereocenters. The highest BCUT2D eigenvalue weighted by atomic mass is 35.5. The van der Waals surface area contributed by atoms with E-state index in [0.29, 0.717) is 32.8 Å². The average Bonchev–Trinajstić information content (AvgIpc) is 2.61. The van der Waals surface area contributed by atoms with E-state index in [-0.39, 0.29) is 23.7 Å². The van der Waals surface area contributed by atoms with Crippen LogP contribution in [0.2, 0.25) is 0 Å². The van der Waals surface area contributed by atoms with Crippen LogP contribution in [-0.2, 0) is 16.0 Å². The lowest BCUT2D eigenvalue weighted by Crippen LogP contribution is -2.47. The van der Waals surface area contributed by atoms with Crippen LogP contribution in [0.25, 0.3) is 0 Å². The molecule has 6 nitrogen and oxygen atoms in total. The number of rotatable bonds is 6. The number of hydrogen-bond acceptors (Lipinski definition) is 5. The maximum absolute atomic E-state index is 12.3. The van der Waals surface area contributed by atoms with E-state index in [2.05, 4.69) is 10.6 Å². The molecule has 0 radical (unpaired) electrons. The predicted molar refractivity (Wildman–Crippen MR) is 97.8 cm³/mol. The van der Waals surface area contributed by atoms with Gasteiger partial charge in [0.05, 0.1) is 13.0 Å².